The van der Waals surface area contributed by atoms with Crippen LogP contribution in [0.5, 0.6) is 0 Å². The van der Waals surface area contributed by atoms with Gasteiger partial charge < -0.3 is 0 Å². The number of hydrogen-bond donors (Lipinski definition) is 1. The van der Waals surface area contributed by atoms with E-state index in [9.17, 15) is 17.6 Å². The SMILES string of the molecule is O=C(CC1CCCN(S(=O)(=O)c2ccc(F)cc2)C1)NN1CCCCCC1. The second-order valence-corrected chi connectivity index (χ2v) is 9.40. The Morgan fingerprint density at radius 2 is 1.70 bits per heavy atom. The number of hydrogen-bond acceptors (Lipinski definition) is 4. The van der Waals surface area contributed by atoms with Crippen molar-refractivity contribution >= 4 is 15.9 Å². The Labute approximate surface area is 160 Å². The molecule has 8 heteroatoms. The zero-order valence-electron chi connectivity index (χ0n) is 15.6. The molecule has 2 fully saturated rings. The molecule has 0 spiro atoms. The number of benzene rings is 1. The van der Waals surface area contributed by atoms with E-state index in [0.717, 1.165) is 50.9 Å². The van der Waals surface area contributed by atoms with Crippen molar-refractivity contribution in [3.63, 3.8) is 0 Å². The fourth-order valence-corrected chi connectivity index (χ4v) is 5.39. The Morgan fingerprint density at radius 1 is 1.04 bits per heavy atom. The molecule has 1 N–H and O–H groups in total. The summed E-state index contributed by atoms with van der Waals surface area (Å²) >= 11 is 0. The van der Waals surface area contributed by atoms with Gasteiger partial charge in [0, 0.05) is 32.6 Å². The molecule has 3 rings (SSSR count). The topological polar surface area (TPSA) is 69.7 Å². The molecular formula is C19H28FN3O3S. The summed E-state index contributed by atoms with van der Waals surface area (Å²) < 4.78 is 40.1. The molecule has 0 bridgehead atoms. The zero-order valence-corrected chi connectivity index (χ0v) is 16.4. The van der Waals surface area contributed by atoms with E-state index in [1.807, 2.05) is 5.01 Å². The second-order valence-electron chi connectivity index (χ2n) is 7.47. The molecule has 0 aromatic heterocycles. The highest BCUT2D eigenvalue weighted by molar-refractivity contribution is 7.89. The quantitative estimate of drug-likeness (QED) is 0.829. The number of carbonyl (C=O) groups is 1. The molecular weight excluding hydrogens is 369 g/mol. The highest BCUT2D eigenvalue weighted by Gasteiger charge is 2.31. The summed E-state index contributed by atoms with van der Waals surface area (Å²) in [5.74, 6) is -0.500. The molecule has 1 unspecified atom stereocenters. The zero-order chi connectivity index (χ0) is 19.3. The van der Waals surface area contributed by atoms with Crippen LogP contribution in [-0.4, -0.2) is 49.8 Å². The van der Waals surface area contributed by atoms with Crippen molar-refractivity contribution in [2.45, 2.75) is 49.8 Å². The summed E-state index contributed by atoms with van der Waals surface area (Å²) in [6.07, 6.45) is 6.47. The number of carbonyl (C=O) groups excluding carboxylic acids is 1. The van der Waals surface area contributed by atoms with E-state index in [1.165, 1.54) is 29.3 Å². The smallest absolute Gasteiger partial charge is 0.243 e. The Bertz CT molecular complexity index is 731. The fraction of sp³-hybridized carbons (Fsp3) is 0.632. The lowest BCUT2D eigenvalue weighted by Gasteiger charge is -2.32. The highest BCUT2D eigenvalue weighted by atomic mass is 32.2. The lowest BCUT2D eigenvalue weighted by molar-refractivity contribution is -0.127. The first-order valence-electron chi connectivity index (χ1n) is 9.75. The Morgan fingerprint density at radius 3 is 2.37 bits per heavy atom. The van der Waals surface area contributed by atoms with Crippen molar-refractivity contribution in [3.8, 4) is 0 Å². The van der Waals surface area contributed by atoms with Gasteiger partial charge in [-0.1, -0.05) is 12.8 Å². The maximum absolute atomic E-state index is 13.1. The minimum Gasteiger partial charge on any atom is -0.289 e. The Hall–Kier alpha value is -1.51. The van der Waals surface area contributed by atoms with Crippen molar-refractivity contribution in [1.82, 2.24) is 14.7 Å². The maximum atomic E-state index is 13.1. The van der Waals surface area contributed by atoms with Gasteiger partial charge >= 0.3 is 0 Å². The summed E-state index contributed by atoms with van der Waals surface area (Å²) in [7, 11) is -3.65. The lowest BCUT2D eigenvalue weighted by Crippen LogP contribution is -2.45. The van der Waals surface area contributed by atoms with Gasteiger partial charge in [0.25, 0.3) is 0 Å². The fourth-order valence-electron chi connectivity index (χ4n) is 3.83. The van der Waals surface area contributed by atoms with Gasteiger partial charge in [-0.25, -0.2) is 17.8 Å². The van der Waals surface area contributed by atoms with Crippen LogP contribution in [0.15, 0.2) is 29.2 Å². The van der Waals surface area contributed by atoms with E-state index in [1.54, 1.807) is 0 Å². The van der Waals surface area contributed by atoms with Gasteiger partial charge in [0.1, 0.15) is 5.82 Å². The first kappa shape index (κ1) is 20.2. The van der Waals surface area contributed by atoms with Crippen LogP contribution in [0.4, 0.5) is 4.39 Å². The van der Waals surface area contributed by atoms with Crippen molar-refractivity contribution < 1.29 is 17.6 Å². The van der Waals surface area contributed by atoms with Crippen molar-refractivity contribution in [1.29, 1.82) is 0 Å². The molecule has 2 heterocycles. The maximum Gasteiger partial charge on any atom is 0.243 e. The number of rotatable bonds is 5. The lowest BCUT2D eigenvalue weighted by atomic mass is 9.96. The van der Waals surface area contributed by atoms with E-state index in [-0.39, 0.29) is 16.7 Å². The molecule has 1 aromatic carbocycles. The molecule has 2 saturated heterocycles. The molecule has 1 amide bonds. The van der Waals surface area contributed by atoms with E-state index < -0.39 is 15.8 Å². The summed E-state index contributed by atoms with van der Waals surface area (Å²) in [4.78, 5) is 12.5. The summed E-state index contributed by atoms with van der Waals surface area (Å²) in [5.41, 5.74) is 2.98. The van der Waals surface area contributed by atoms with Crippen LogP contribution >= 0.6 is 0 Å². The number of piperidine rings is 1. The van der Waals surface area contributed by atoms with Crippen LogP contribution < -0.4 is 5.43 Å². The Balaban J connectivity index is 1.57. The number of nitrogens with one attached hydrogen (secondary N) is 1. The number of hydrazine groups is 1. The third kappa shape index (κ3) is 5.49. The van der Waals surface area contributed by atoms with Gasteiger partial charge in [0.2, 0.25) is 15.9 Å². The van der Waals surface area contributed by atoms with Crippen LogP contribution in [0.25, 0.3) is 0 Å². The number of halogens is 1. The first-order chi connectivity index (χ1) is 12.9. The summed E-state index contributed by atoms with van der Waals surface area (Å²) in [6, 6.07) is 4.90. The minimum absolute atomic E-state index is 0.000881. The third-order valence-electron chi connectivity index (χ3n) is 5.30. The molecule has 1 aromatic rings. The molecule has 6 nitrogen and oxygen atoms in total. The Kier molecular flexibility index (Phi) is 6.83. The van der Waals surface area contributed by atoms with E-state index in [2.05, 4.69) is 5.43 Å². The molecule has 150 valence electrons. The van der Waals surface area contributed by atoms with Crippen LogP contribution in [0.3, 0.4) is 0 Å². The average molecular weight is 398 g/mol. The van der Waals surface area contributed by atoms with Gasteiger partial charge in [-0.2, -0.15) is 4.31 Å². The molecule has 27 heavy (non-hydrogen) atoms. The molecule has 0 radical (unpaired) electrons. The van der Waals surface area contributed by atoms with Crippen LogP contribution in [0.1, 0.15) is 44.9 Å². The van der Waals surface area contributed by atoms with Crippen molar-refractivity contribution in [2.75, 3.05) is 26.2 Å². The number of sulfonamides is 1. The van der Waals surface area contributed by atoms with E-state index in [0.29, 0.717) is 19.5 Å². The molecule has 1 atom stereocenters. The molecule has 0 aliphatic carbocycles. The van der Waals surface area contributed by atoms with Gasteiger partial charge in [0.15, 0.2) is 0 Å². The van der Waals surface area contributed by atoms with Gasteiger partial charge in [-0.15, -0.1) is 0 Å². The van der Waals surface area contributed by atoms with Gasteiger partial charge in [0.05, 0.1) is 4.90 Å². The number of nitrogens with zero attached hydrogens (tertiary/aromatic N) is 2. The van der Waals surface area contributed by atoms with E-state index in [4.69, 9.17) is 0 Å². The van der Waals surface area contributed by atoms with Crippen LogP contribution in [-0.2, 0) is 14.8 Å². The predicted molar refractivity (Wildman–Crippen MR) is 101 cm³/mol. The minimum atomic E-state index is -3.65. The monoisotopic (exact) mass is 397 g/mol. The molecule has 2 aliphatic rings. The standard InChI is InChI=1S/C19H28FN3O3S/c20-17-7-9-18(10-8-17)27(25,26)23-13-5-6-16(15-23)14-19(24)21-22-11-3-1-2-4-12-22/h7-10,16H,1-6,11-15H2,(H,21,24). The molecule has 0 saturated carbocycles. The predicted octanol–water partition coefficient (Wildman–Crippen LogP) is 2.52. The third-order valence-corrected chi connectivity index (χ3v) is 7.18. The van der Waals surface area contributed by atoms with Crippen LogP contribution in [0.2, 0.25) is 0 Å². The normalized spacial score (nSPS) is 22.9. The van der Waals surface area contributed by atoms with Crippen LogP contribution in [0, 0.1) is 11.7 Å². The highest BCUT2D eigenvalue weighted by Crippen LogP contribution is 2.25. The molecule has 2 aliphatic heterocycles. The number of amides is 1. The average Bonchev–Trinajstić information content (AvgIpc) is 2.91. The first-order valence-corrected chi connectivity index (χ1v) is 11.2. The van der Waals surface area contributed by atoms with Gasteiger partial charge in [-0.3, -0.25) is 10.2 Å². The summed E-state index contributed by atoms with van der Waals surface area (Å²) in [5, 5.41) is 1.99. The van der Waals surface area contributed by atoms with Crippen molar-refractivity contribution in [3.05, 3.63) is 30.1 Å². The summed E-state index contributed by atoms with van der Waals surface area (Å²) in [6.45, 7) is 2.51. The van der Waals surface area contributed by atoms with Crippen molar-refractivity contribution in [2.24, 2.45) is 5.92 Å². The van der Waals surface area contributed by atoms with Gasteiger partial charge in [-0.05, 0) is 55.9 Å². The largest absolute Gasteiger partial charge is 0.289 e. The second kappa shape index (κ2) is 9.12. The van der Waals surface area contributed by atoms with E-state index >= 15 is 0 Å².